The summed E-state index contributed by atoms with van der Waals surface area (Å²) in [6.07, 6.45) is 7.36. The zero-order chi connectivity index (χ0) is 18.8. The van der Waals surface area contributed by atoms with Gasteiger partial charge in [0, 0.05) is 27.3 Å². The third kappa shape index (κ3) is 4.18. The van der Waals surface area contributed by atoms with E-state index in [0.29, 0.717) is 6.04 Å². The standard InChI is InChI=1S/C23H30N2S2/c1-4-17-9-11-24-18(14-17)10-12-25-20-7-5-16(2)13-23(20)27-22-8-6-19(26-3)15-21(22)25/h5-8,13,15,17-18,24H,4,9-12,14H2,1-3H3. The smallest absolute Gasteiger partial charge is 0.0564 e. The van der Waals surface area contributed by atoms with Gasteiger partial charge in [0.05, 0.1) is 11.4 Å². The van der Waals surface area contributed by atoms with E-state index in [-0.39, 0.29) is 0 Å². The van der Waals surface area contributed by atoms with Crippen molar-refractivity contribution in [2.45, 2.75) is 60.3 Å². The van der Waals surface area contributed by atoms with Gasteiger partial charge < -0.3 is 10.2 Å². The van der Waals surface area contributed by atoms with Gasteiger partial charge in [-0.15, -0.1) is 11.8 Å². The lowest BCUT2D eigenvalue weighted by Gasteiger charge is -2.36. The molecular formula is C23H30N2S2. The second-order valence-electron chi connectivity index (χ2n) is 7.80. The number of piperidine rings is 1. The molecule has 4 rings (SSSR count). The van der Waals surface area contributed by atoms with Gasteiger partial charge in [-0.05, 0) is 80.8 Å². The summed E-state index contributed by atoms with van der Waals surface area (Å²) in [7, 11) is 0. The van der Waals surface area contributed by atoms with Gasteiger partial charge in [0.25, 0.3) is 0 Å². The van der Waals surface area contributed by atoms with E-state index in [1.807, 2.05) is 23.5 Å². The van der Waals surface area contributed by atoms with Crippen LogP contribution >= 0.6 is 23.5 Å². The minimum absolute atomic E-state index is 0.652. The Hall–Kier alpha value is -1.10. The van der Waals surface area contributed by atoms with Crippen LogP contribution in [-0.2, 0) is 0 Å². The van der Waals surface area contributed by atoms with E-state index in [1.54, 1.807) is 0 Å². The highest BCUT2D eigenvalue weighted by Crippen LogP contribution is 2.49. The van der Waals surface area contributed by atoms with E-state index in [1.165, 1.54) is 63.9 Å². The largest absolute Gasteiger partial charge is 0.340 e. The number of rotatable bonds is 5. The van der Waals surface area contributed by atoms with Gasteiger partial charge in [-0.25, -0.2) is 0 Å². The molecule has 1 fully saturated rings. The van der Waals surface area contributed by atoms with Crippen molar-refractivity contribution in [2.24, 2.45) is 5.92 Å². The van der Waals surface area contributed by atoms with Crippen LogP contribution in [0.25, 0.3) is 0 Å². The molecule has 2 nitrogen and oxygen atoms in total. The van der Waals surface area contributed by atoms with Crippen molar-refractivity contribution in [2.75, 3.05) is 24.2 Å². The number of thioether (sulfide) groups is 1. The van der Waals surface area contributed by atoms with Gasteiger partial charge in [0.1, 0.15) is 0 Å². The maximum atomic E-state index is 3.77. The number of anilines is 2. The van der Waals surface area contributed by atoms with Gasteiger partial charge in [-0.1, -0.05) is 31.2 Å². The third-order valence-corrected chi connectivity index (χ3v) is 7.80. The molecule has 144 valence electrons. The first-order valence-corrected chi connectivity index (χ1v) is 12.2. The predicted octanol–water partition coefficient (Wildman–Crippen LogP) is 6.49. The van der Waals surface area contributed by atoms with Crippen molar-refractivity contribution in [3.05, 3.63) is 42.0 Å². The first-order chi connectivity index (χ1) is 13.2. The fourth-order valence-electron chi connectivity index (χ4n) is 4.31. The van der Waals surface area contributed by atoms with E-state index in [0.717, 1.165) is 12.5 Å². The summed E-state index contributed by atoms with van der Waals surface area (Å²) in [6, 6.07) is 14.5. The molecule has 2 aromatic carbocycles. The second-order valence-corrected chi connectivity index (χ2v) is 9.76. The number of nitrogens with zero attached hydrogens (tertiary/aromatic N) is 1. The Labute approximate surface area is 172 Å². The first-order valence-electron chi connectivity index (χ1n) is 10.2. The minimum Gasteiger partial charge on any atom is -0.340 e. The van der Waals surface area contributed by atoms with Gasteiger partial charge in [0.15, 0.2) is 0 Å². The summed E-state index contributed by atoms with van der Waals surface area (Å²) in [4.78, 5) is 6.69. The summed E-state index contributed by atoms with van der Waals surface area (Å²) in [6.45, 7) is 6.79. The van der Waals surface area contributed by atoms with Crippen molar-refractivity contribution < 1.29 is 0 Å². The van der Waals surface area contributed by atoms with Gasteiger partial charge in [0.2, 0.25) is 0 Å². The molecule has 2 aliphatic rings. The van der Waals surface area contributed by atoms with Crippen LogP contribution in [0.4, 0.5) is 11.4 Å². The van der Waals surface area contributed by atoms with Gasteiger partial charge >= 0.3 is 0 Å². The van der Waals surface area contributed by atoms with Crippen LogP contribution < -0.4 is 10.2 Å². The average molecular weight is 399 g/mol. The molecule has 0 amide bonds. The molecule has 27 heavy (non-hydrogen) atoms. The first kappa shape index (κ1) is 19.2. The monoisotopic (exact) mass is 398 g/mol. The lowest BCUT2D eigenvalue weighted by Crippen LogP contribution is -2.40. The molecule has 2 atom stereocenters. The number of nitrogens with one attached hydrogen (secondary N) is 1. The van der Waals surface area contributed by atoms with E-state index in [9.17, 15) is 0 Å². The Bertz CT molecular complexity index is 805. The van der Waals surface area contributed by atoms with Crippen molar-refractivity contribution in [1.82, 2.24) is 5.32 Å². The van der Waals surface area contributed by atoms with Crippen molar-refractivity contribution in [1.29, 1.82) is 0 Å². The average Bonchev–Trinajstić information content (AvgIpc) is 2.70. The Morgan fingerprint density at radius 3 is 2.85 bits per heavy atom. The summed E-state index contributed by atoms with van der Waals surface area (Å²) in [5.74, 6) is 0.901. The maximum Gasteiger partial charge on any atom is 0.0564 e. The second kappa shape index (κ2) is 8.50. The van der Waals surface area contributed by atoms with Crippen molar-refractivity contribution in [3.63, 3.8) is 0 Å². The summed E-state index contributed by atoms with van der Waals surface area (Å²) < 4.78 is 0. The Morgan fingerprint density at radius 1 is 1.15 bits per heavy atom. The van der Waals surface area contributed by atoms with Gasteiger partial charge in [-0.3, -0.25) is 0 Å². The summed E-state index contributed by atoms with van der Waals surface area (Å²) in [5.41, 5.74) is 4.09. The molecule has 0 bridgehead atoms. The summed E-state index contributed by atoms with van der Waals surface area (Å²) >= 11 is 3.75. The molecule has 1 saturated heterocycles. The van der Waals surface area contributed by atoms with E-state index >= 15 is 0 Å². The summed E-state index contributed by atoms with van der Waals surface area (Å²) in [5, 5.41) is 3.77. The number of hydrogen-bond acceptors (Lipinski definition) is 4. The lowest BCUT2D eigenvalue weighted by atomic mass is 9.89. The molecule has 1 N–H and O–H groups in total. The molecule has 0 spiro atoms. The molecule has 2 aromatic rings. The molecule has 0 radical (unpaired) electrons. The molecule has 0 aliphatic carbocycles. The van der Waals surface area contributed by atoms with Crippen molar-refractivity contribution in [3.8, 4) is 0 Å². The Morgan fingerprint density at radius 2 is 2.04 bits per heavy atom. The van der Waals surface area contributed by atoms with Crippen LogP contribution in [0, 0.1) is 12.8 Å². The van der Waals surface area contributed by atoms with E-state index in [4.69, 9.17) is 0 Å². The maximum absolute atomic E-state index is 3.77. The highest BCUT2D eigenvalue weighted by atomic mass is 32.2. The Kier molecular flexibility index (Phi) is 6.05. The number of hydrogen-bond donors (Lipinski definition) is 1. The Balaban J connectivity index is 1.60. The predicted molar refractivity (Wildman–Crippen MR) is 120 cm³/mol. The molecule has 4 heteroatoms. The lowest BCUT2D eigenvalue weighted by molar-refractivity contribution is 0.287. The van der Waals surface area contributed by atoms with Crippen LogP contribution in [0.15, 0.2) is 51.1 Å². The van der Waals surface area contributed by atoms with Crippen LogP contribution in [0.3, 0.4) is 0 Å². The molecule has 2 heterocycles. The van der Waals surface area contributed by atoms with Gasteiger partial charge in [-0.2, -0.15) is 0 Å². The normalized spacial score (nSPS) is 21.7. The molecule has 2 aliphatic heterocycles. The quantitative estimate of drug-likeness (QED) is 0.579. The molecule has 0 aromatic heterocycles. The zero-order valence-corrected chi connectivity index (χ0v) is 18.3. The number of aryl methyl sites for hydroxylation is 1. The van der Waals surface area contributed by atoms with Crippen LogP contribution in [0.2, 0.25) is 0 Å². The van der Waals surface area contributed by atoms with Crippen molar-refractivity contribution >= 4 is 34.9 Å². The number of fused-ring (bicyclic) bond motifs is 2. The molecule has 2 unspecified atom stereocenters. The zero-order valence-electron chi connectivity index (χ0n) is 16.6. The topological polar surface area (TPSA) is 15.3 Å². The molecular weight excluding hydrogens is 368 g/mol. The van der Waals surface area contributed by atoms with Crippen LogP contribution in [-0.4, -0.2) is 25.4 Å². The number of benzene rings is 2. The minimum atomic E-state index is 0.652. The van der Waals surface area contributed by atoms with E-state index in [2.05, 4.69) is 66.7 Å². The van der Waals surface area contributed by atoms with Crippen LogP contribution in [0.1, 0.15) is 38.2 Å². The highest BCUT2D eigenvalue weighted by molar-refractivity contribution is 8.00. The SMILES string of the molecule is CCC1CCNC(CCN2c3ccc(C)cc3Sc3ccc(SC)cc32)C1. The fraction of sp³-hybridized carbons (Fsp3) is 0.478. The van der Waals surface area contributed by atoms with Crippen LogP contribution in [0.5, 0.6) is 0 Å². The van der Waals surface area contributed by atoms with E-state index < -0.39 is 0 Å². The fourth-order valence-corrected chi connectivity index (χ4v) is 5.92. The third-order valence-electron chi connectivity index (χ3n) is 5.96. The molecule has 0 saturated carbocycles. The highest BCUT2D eigenvalue weighted by Gasteiger charge is 2.26.